The zero-order valence-electron chi connectivity index (χ0n) is 9.56. The van der Waals surface area contributed by atoms with Crippen molar-refractivity contribution in [2.45, 2.75) is 0 Å². The van der Waals surface area contributed by atoms with Crippen LogP contribution in [0, 0.1) is 0 Å². The van der Waals surface area contributed by atoms with Crippen molar-refractivity contribution >= 4 is 17.4 Å². The number of aromatic amines is 1. The third-order valence-corrected chi connectivity index (χ3v) is 2.67. The summed E-state index contributed by atoms with van der Waals surface area (Å²) in [5.41, 5.74) is 1.35. The first-order chi connectivity index (χ1) is 8.84. The van der Waals surface area contributed by atoms with Gasteiger partial charge in [-0.3, -0.25) is 9.89 Å². The molecule has 0 radical (unpaired) electrons. The zero-order chi connectivity index (χ0) is 12.4. The van der Waals surface area contributed by atoms with E-state index in [0.29, 0.717) is 23.7 Å². The number of ether oxygens (including phenoxy) is 1. The van der Waals surface area contributed by atoms with Crippen LogP contribution in [0.25, 0.3) is 0 Å². The molecule has 6 nitrogen and oxygen atoms in total. The molecule has 3 rings (SSSR count). The van der Waals surface area contributed by atoms with Gasteiger partial charge in [0.15, 0.2) is 5.75 Å². The average Bonchev–Trinajstić information content (AvgIpc) is 2.91. The Morgan fingerprint density at radius 1 is 1.39 bits per heavy atom. The van der Waals surface area contributed by atoms with Crippen LogP contribution in [-0.4, -0.2) is 29.3 Å². The summed E-state index contributed by atoms with van der Waals surface area (Å²) in [5, 5.41) is 12.4. The molecule has 1 aromatic carbocycles. The lowest BCUT2D eigenvalue weighted by Gasteiger charge is -2.21. The summed E-state index contributed by atoms with van der Waals surface area (Å²) in [4.78, 5) is 12.1. The maximum Gasteiger partial charge on any atom is 0.260 e. The van der Waals surface area contributed by atoms with Crippen LogP contribution in [0.2, 0.25) is 0 Å². The Hall–Kier alpha value is -2.50. The molecule has 1 aromatic heterocycles. The molecule has 0 unspecified atom stereocenters. The first kappa shape index (κ1) is 10.6. The largest absolute Gasteiger partial charge is 0.489 e. The Bertz CT molecular complexity index is 565. The standard InChI is InChI=1S/C12H12N4O2/c17-12(15-10-4-5-14-16-10)8-2-1-3-9-11(8)18-7-6-13-9/h1-5,13H,6-7H2,(H2,14,15,16,17). The van der Waals surface area contributed by atoms with Crippen molar-refractivity contribution in [2.24, 2.45) is 0 Å². The maximum atomic E-state index is 12.1. The Labute approximate surface area is 103 Å². The van der Waals surface area contributed by atoms with Crippen molar-refractivity contribution in [3.05, 3.63) is 36.0 Å². The minimum atomic E-state index is -0.222. The van der Waals surface area contributed by atoms with Gasteiger partial charge in [-0.15, -0.1) is 0 Å². The molecule has 0 saturated heterocycles. The van der Waals surface area contributed by atoms with Crippen molar-refractivity contribution < 1.29 is 9.53 Å². The molecule has 1 aliphatic heterocycles. The highest BCUT2D eigenvalue weighted by Gasteiger charge is 2.19. The third kappa shape index (κ3) is 1.88. The quantitative estimate of drug-likeness (QED) is 0.747. The number of fused-ring (bicyclic) bond motifs is 1. The second-order valence-corrected chi connectivity index (χ2v) is 3.88. The van der Waals surface area contributed by atoms with Crippen molar-refractivity contribution in [3.63, 3.8) is 0 Å². The fourth-order valence-electron chi connectivity index (χ4n) is 1.86. The van der Waals surface area contributed by atoms with E-state index in [2.05, 4.69) is 20.8 Å². The number of para-hydroxylation sites is 1. The predicted molar refractivity (Wildman–Crippen MR) is 67.0 cm³/mol. The number of benzene rings is 1. The smallest absolute Gasteiger partial charge is 0.260 e. The number of hydrogen-bond acceptors (Lipinski definition) is 4. The fraction of sp³-hybridized carbons (Fsp3) is 0.167. The summed E-state index contributed by atoms with van der Waals surface area (Å²) in [5.74, 6) is 0.932. The average molecular weight is 244 g/mol. The van der Waals surface area contributed by atoms with Crippen LogP contribution in [-0.2, 0) is 0 Å². The molecule has 92 valence electrons. The molecule has 1 aliphatic rings. The van der Waals surface area contributed by atoms with Gasteiger partial charge in [-0.1, -0.05) is 6.07 Å². The van der Waals surface area contributed by atoms with Gasteiger partial charge in [0.05, 0.1) is 17.4 Å². The van der Waals surface area contributed by atoms with E-state index in [-0.39, 0.29) is 5.91 Å². The Morgan fingerprint density at radius 2 is 2.33 bits per heavy atom. The molecule has 0 aliphatic carbocycles. The summed E-state index contributed by atoms with van der Waals surface area (Å²) >= 11 is 0. The maximum absolute atomic E-state index is 12.1. The number of carbonyl (C=O) groups is 1. The molecule has 0 spiro atoms. The van der Waals surface area contributed by atoms with Crippen molar-refractivity contribution in [3.8, 4) is 5.75 Å². The third-order valence-electron chi connectivity index (χ3n) is 2.67. The molecule has 2 heterocycles. The number of hydrogen-bond donors (Lipinski definition) is 3. The second kappa shape index (κ2) is 4.40. The lowest BCUT2D eigenvalue weighted by molar-refractivity contribution is 0.102. The molecule has 18 heavy (non-hydrogen) atoms. The highest BCUT2D eigenvalue weighted by atomic mass is 16.5. The molecule has 1 amide bonds. The Kier molecular flexibility index (Phi) is 2.60. The van der Waals surface area contributed by atoms with E-state index in [0.717, 1.165) is 12.2 Å². The van der Waals surface area contributed by atoms with Gasteiger partial charge in [-0.25, -0.2) is 0 Å². The lowest BCUT2D eigenvalue weighted by Crippen LogP contribution is -2.22. The summed E-state index contributed by atoms with van der Waals surface area (Å²) in [6.45, 7) is 1.31. The number of aromatic nitrogens is 2. The molecular weight excluding hydrogens is 232 g/mol. The van der Waals surface area contributed by atoms with Gasteiger partial charge in [0.1, 0.15) is 12.4 Å². The molecular formula is C12H12N4O2. The van der Waals surface area contributed by atoms with Crippen molar-refractivity contribution in [2.75, 3.05) is 23.8 Å². The highest BCUT2D eigenvalue weighted by Crippen LogP contribution is 2.31. The van der Waals surface area contributed by atoms with E-state index in [4.69, 9.17) is 4.74 Å². The lowest BCUT2D eigenvalue weighted by atomic mass is 10.1. The molecule has 0 bridgehead atoms. The van der Waals surface area contributed by atoms with Crippen LogP contribution in [0.15, 0.2) is 30.5 Å². The van der Waals surface area contributed by atoms with Gasteiger partial charge < -0.3 is 15.4 Å². The number of nitrogens with one attached hydrogen (secondary N) is 3. The number of H-pyrrole nitrogens is 1. The van der Waals surface area contributed by atoms with Crippen LogP contribution < -0.4 is 15.4 Å². The Balaban J connectivity index is 1.89. The normalized spacial score (nSPS) is 13.1. The number of anilines is 2. The topological polar surface area (TPSA) is 79.0 Å². The van der Waals surface area contributed by atoms with E-state index in [1.165, 1.54) is 0 Å². The van der Waals surface area contributed by atoms with Crippen molar-refractivity contribution in [1.82, 2.24) is 10.2 Å². The first-order valence-electron chi connectivity index (χ1n) is 5.65. The van der Waals surface area contributed by atoms with Gasteiger partial charge >= 0.3 is 0 Å². The monoisotopic (exact) mass is 244 g/mol. The van der Waals surface area contributed by atoms with E-state index in [1.54, 1.807) is 18.3 Å². The van der Waals surface area contributed by atoms with E-state index in [1.807, 2.05) is 12.1 Å². The SMILES string of the molecule is O=C(Nc1ccn[nH]1)c1cccc2c1OCCN2. The van der Waals surface area contributed by atoms with Gasteiger partial charge in [-0.2, -0.15) is 5.10 Å². The van der Waals surface area contributed by atoms with E-state index in [9.17, 15) is 4.79 Å². The predicted octanol–water partition coefficient (Wildman–Crippen LogP) is 1.47. The molecule has 0 fully saturated rings. The zero-order valence-corrected chi connectivity index (χ0v) is 9.56. The number of carbonyl (C=O) groups excluding carboxylic acids is 1. The van der Waals surface area contributed by atoms with Gasteiger partial charge in [0.2, 0.25) is 0 Å². The van der Waals surface area contributed by atoms with Crippen LogP contribution in [0.3, 0.4) is 0 Å². The molecule has 2 aromatic rings. The summed E-state index contributed by atoms with van der Waals surface area (Å²) in [7, 11) is 0. The molecule has 0 saturated carbocycles. The molecule has 0 atom stereocenters. The van der Waals surface area contributed by atoms with E-state index >= 15 is 0 Å². The second-order valence-electron chi connectivity index (χ2n) is 3.88. The van der Waals surface area contributed by atoms with Crippen molar-refractivity contribution in [1.29, 1.82) is 0 Å². The molecule has 3 N–H and O–H groups in total. The first-order valence-corrected chi connectivity index (χ1v) is 5.65. The van der Waals surface area contributed by atoms with Crippen LogP contribution in [0.4, 0.5) is 11.5 Å². The highest BCUT2D eigenvalue weighted by molar-refractivity contribution is 6.07. The number of nitrogens with zero attached hydrogens (tertiary/aromatic N) is 1. The van der Waals surface area contributed by atoms with Crippen LogP contribution in [0.1, 0.15) is 10.4 Å². The van der Waals surface area contributed by atoms with Gasteiger partial charge in [0.25, 0.3) is 5.91 Å². The van der Waals surface area contributed by atoms with Gasteiger partial charge in [0, 0.05) is 12.6 Å². The number of amides is 1. The van der Waals surface area contributed by atoms with Gasteiger partial charge in [-0.05, 0) is 12.1 Å². The summed E-state index contributed by atoms with van der Waals surface area (Å²) < 4.78 is 5.55. The minimum Gasteiger partial charge on any atom is -0.489 e. The summed E-state index contributed by atoms with van der Waals surface area (Å²) in [6, 6.07) is 7.13. The Morgan fingerprint density at radius 3 is 3.17 bits per heavy atom. The minimum absolute atomic E-state index is 0.222. The summed E-state index contributed by atoms with van der Waals surface area (Å²) in [6.07, 6.45) is 1.58. The molecule has 6 heteroatoms. The van der Waals surface area contributed by atoms with E-state index < -0.39 is 0 Å². The fourth-order valence-corrected chi connectivity index (χ4v) is 1.86. The van der Waals surface area contributed by atoms with Crippen LogP contribution in [0.5, 0.6) is 5.75 Å². The number of rotatable bonds is 2. The van der Waals surface area contributed by atoms with Crippen LogP contribution >= 0.6 is 0 Å².